The van der Waals surface area contributed by atoms with Crippen LogP contribution >= 0.6 is 34.8 Å². The molecule has 0 unspecified atom stereocenters. The van der Waals surface area contributed by atoms with Crippen molar-refractivity contribution in [3.05, 3.63) is 110 Å². The van der Waals surface area contributed by atoms with Crippen molar-refractivity contribution in [2.24, 2.45) is 0 Å². The lowest BCUT2D eigenvalue weighted by Gasteiger charge is -2.13. The van der Waals surface area contributed by atoms with Crippen LogP contribution in [0.3, 0.4) is 0 Å². The first-order valence-electron chi connectivity index (χ1n) is 11.7. The first kappa shape index (κ1) is 24.6. The second-order valence-corrected chi connectivity index (χ2v) is 9.94. The number of amides is 1. The molecule has 1 aliphatic rings. The Hall–Kier alpha value is -3.12. The lowest BCUT2D eigenvalue weighted by Crippen LogP contribution is -2.24. The van der Waals surface area contributed by atoms with Gasteiger partial charge in [0, 0.05) is 34.5 Å². The van der Waals surface area contributed by atoms with Crippen molar-refractivity contribution in [3.8, 4) is 5.69 Å². The van der Waals surface area contributed by atoms with Gasteiger partial charge in [-0.05, 0) is 84.9 Å². The Kier molecular flexibility index (Phi) is 7.42. The molecule has 1 amide bonds. The van der Waals surface area contributed by atoms with Gasteiger partial charge in [-0.2, -0.15) is 5.10 Å². The Labute approximate surface area is 224 Å². The third-order valence-corrected chi connectivity index (χ3v) is 6.94. The van der Waals surface area contributed by atoms with Crippen LogP contribution in [-0.2, 0) is 13.0 Å². The number of pyridine rings is 1. The van der Waals surface area contributed by atoms with Gasteiger partial charge in [-0.1, -0.05) is 53.0 Å². The van der Waals surface area contributed by atoms with Crippen LogP contribution in [-0.4, -0.2) is 20.7 Å². The van der Waals surface area contributed by atoms with Gasteiger partial charge in [0.1, 0.15) is 0 Å². The van der Waals surface area contributed by atoms with E-state index in [1.807, 2.05) is 42.5 Å². The molecule has 36 heavy (non-hydrogen) atoms. The minimum absolute atomic E-state index is 0.230. The highest BCUT2D eigenvalue weighted by Gasteiger charge is 2.28. The summed E-state index contributed by atoms with van der Waals surface area (Å²) in [6.07, 6.45) is 9.13. The van der Waals surface area contributed by atoms with Crippen molar-refractivity contribution in [1.82, 2.24) is 20.1 Å². The lowest BCUT2D eigenvalue weighted by atomic mass is 10.0. The number of fused-ring (bicyclic) bond motifs is 1. The van der Waals surface area contributed by atoms with E-state index in [1.54, 1.807) is 29.2 Å². The van der Waals surface area contributed by atoms with E-state index in [4.69, 9.17) is 39.9 Å². The number of benzene rings is 2. The van der Waals surface area contributed by atoms with Crippen molar-refractivity contribution in [1.29, 1.82) is 0 Å². The van der Waals surface area contributed by atoms with Gasteiger partial charge in [0.25, 0.3) is 5.91 Å². The normalized spacial score (nSPS) is 14.4. The third-order valence-electron chi connectivity index (χ3n) is 6.15. The van der Waals surface area contributed by atoms with E-state index < -0.39 is 0 Å². The van der Waals surface area contributed by atoms with Gasteiger partial charge in [-0.15, -0.1) is 0 Å². The molecule has 0 bridgehead atoms. The van der Waals surface area contributed by atoms with Gasteiger partial charge in [0.05, 0.1) is 16.4 Å². The Morgan fingerprint density at radius 2 is 1.78 bits per heavy atom. The molecule has 2 aromatic heterocycles. The third kappa shape index (κ3) is 5.34. The summed E-state index contributed by atoms with van der Waals surface area (Å²) < 4.78 is 1.79. The highest BCUT2D eigenvalue weighted by molar-refractivity contribution is 6.35. The number of allylic oxidation sites excluding steroid dienone is 1. The Bertz CT molecular complexity index is 1430. The fraction of sp³-hybridized carbons (Fsp3) is 0.179. The van der Waals surface area contributed by atoms with Gasteiger partial charge in [0.2, 0.25) is 0 Å². The Morgan fingerprint density at radius 1 is 1.00 bits per heavy atom. The molecular weight excluding hydrogens is 515 g/mol. The van der Waals surface area contributed by atoms with E-state index in [0.717, 1.165) is 53.6 Å². The van der Waals surface area contributed by atoms with Crippen LogP contribution in [0, 0.1) is 0 Å². The molecule has 2 aromatic carbocycles. The number of rotatable bonds is 5. The van der Waals surface area contributed by atoms with Crippen LogP contribution in [0.1, 0.15) is 52.1 Å². The average Bonchev–Trinajstić information content (AvgIpc) is 3.13. The molecule has 4 aromatic rings. The summed E-state index contributed by atoms with van der Waals surface area (Å²) in [5.74, 6) is -0.230. The number of aromatic nitrogens is 3. The molecule has 5 rings (SSSR count). The standard InChI is InChI=1S/C28H23Cl3N4O/c29-21-9-7-18(8-10-21)14-20-5-1-2-6-23-26(28(36)33-17-19-4-3-13-32-16-19)34-35(27(20)23)25-12-11-22(30)15-24(25)31/h3-4,7-16H,1-2,5-6,17H2,(H,33,36)/b20-14+. The molecule has 0 atom stereocenters. The Morgan fingerprint density at radius 3 is 2.53 bits per heavy atom. The summed E-state index contributed by atoms with van der Waals surface area (Å²) in [6, 6.07) is 16.8. The van der Waals surface area contributed by atoms with Crippen LogP contribution in [0.2, 0.25) is 15.1 Å². The van der Waals surface area contributed by atoms with Crippen molar-refractivity contribution in [2.75, 3.05) is 0 Å². The van der Waals surface area contributed by atoms with Crippen molar-refractivity contribution in [3.63, 3.8) is 0 Å². The van der Waals surface area contributed by atoms with Crippen molar-refractivity contribution in [2.45, 2.75) is 32.2 Å². The van der Waals surface area contributed by atoms with Gasteiger partial charge < -0.3 is 5.32 Å². The average molecular weight is 538 g/mol. The molecule has 1 N–H and O–H groups in total. The maximum absolute atomic E-state index is 13.4. The largest absolute Gasteiger partial charge is 0.346 e. The minimum atomic E-state index is -0.230. The quantitative estimate of drug-likeness (QED) is 0.269. The molecule has 0 fully saturated rings. The van der Waals surface area contributed by atoms with Crippen molar-refractivity contribution >= 4 is 52.4 Å². The highest BCUT2D eigenvalue weighted by atomic mass is 35.5. The number of hydrogen-bond donors (Lipinski definition) is 1. The number of hydrogen-bond acceptors (Lipinski definition) is 3. The second kappa shape index (κ2) is 10.9. The summed E-state index contributed by atoms with van der Waals surface area (Å²) in [7, 11) is 0. The van der Waals surface area contributed by atoms with E-state index >= 15 is 0 Å². The van der Waals surface area contributed by atoms with E-state index in [9.17, 15) is 4.79 Å². The topological polar surface area (TPSA) is 59.8 Å². The lowest BCUT2D eigenvalue weighted by molar-refractivity contribution is 0.0944. The monoisotopic (exact) mass is 536 g/mol. The maximum atomic E-state index is 13.4. The number of nitrogens with zero attached hydrogens (tertiary/aromatic N) is 3. The molecule has 182 valence electrons. The fourth-order valence-corrected chi connectivity index (χ4v) is 5.05. The van der Waals surface area contributed by atoms with Gasteiger partial charge in [-0.3, -0.25) is 9.78 Å². The fourth-order valence-electron chi connectivity index (χ4n) is 4.43. The Balaban J connectivity index is 1.62. The van der Waals surface area contributed by atoms with E-state index in [-0.39, 0.29) is 5.91 Å². The SMILES string of the molecule is O=C(NCc1cccnc1)c1nn(-c2ccc(Cl)cc2Cl)c2c1CCCC/C2=C\c1ccc(Cl)cc1. The molecule has 0 saturated heterocycles. The van der Waals surface area contributed by atoms with E-state index in [1.165, 1.54) is 0 Å². The molecule has 0 aliphatic heterocycles. The van der Waals surface area contributed by atoms with Crippen LogP contribution in [0.4, 0.5) is 0 Å². The zero-order valence-electron chi connectivity index (χ0n) is 19.3. The zero-order chi connectivity index (χ0) is 25.1. The van der Waals surface area contributed by atoms with Crippen molar-refractivity contribution < 1.29 is 4.79 Å². The molecule has 1 aliphatic carbocycles. The van der Waals surface area contributed by atoms with E-state index in [0.29, 0.717) is 33.0 Å². The number of nitrogens with one attached hydrogen (secondary N) is 1. The smallest absolute Gasteiger partial charge is 0.272 e. The van der Waals surface area contributed by atoms with Crippen LogP contribution in [0.5, 0.6) is 0 Å². The molecule has 2 heterocycles. The first-order valence-corrected chi connectivity index (χ1v) is 12.8. The second-order valence-electron chi connectivity index (χ2n) is 8.66. The molecule has 8 heteroatoms. The number of carbonyl (C=O) groups is 1. The zero-order valence-corrected chi connectivity index (χ0v) is 21.6. The van der Waals surface area contributed by atoms with Crippen LogP contribution < -0.4 is 5.32 Å². The van der Waals surface area contributed by atoms with Crippen LogP contribution in [0.25, 0.3) is 17.3 Å². The molecule has 0 saturated carbocycles. The van der Waals surface area contributed by atoms with Gasteiger partial charge in [-0.25, -0.2) is 4.68 Å². The summed E-state index contributed by atoms with van der Waals surface area (Å²) in [6.45, 7) is 0.365. The first-order chi connectivity index (χ1) is 17.5. The summed E-state index contributed by atoms with van der Waals surface area (Å²) in [5.41, 5.74) is 5.94. The molecular formula is C28H23Cl3N4O. The van der Waals surface area contributed by atoms with E-state index in [2.05, 4.69) is 16.4 Å². The number of halogens is 3. The summed E-state index contributed by atoms with van der Waals surface area (Å²) in [4.78, 5) is 17.5. The van der Waals surface area contributed by atoms with Gasteiger partial charge >= 0.3 is 0 Å². The van der Waals surface area contributed by atoms with Gasteiger partial charge in [0.15, 0.2) is 5.69 Å². The van der Waals surface area contributed by atoms with Crippen LogP contribution in [0.15, 0.2) is 67.0 Å². The summed E-state index contributed by atoms with van der Waals surface area (Å²) >= 11 is 18.9. The maximum Gasteiger partial charge on any atom is 0.272 e. The predicted molar refractivity (Wildman–Crippen MR) is 146 cm³/mol. The summed E-state index contributed by atoms with van der Waals surface area (Å²) in [5, 5.41) is 9.50. The highest BCUT2D eigenvalue weighted by Crippen LogP contribution is 2.37. The predicted octanol–water partition coefficient (Wildman–Crippen LogP) is 7.42. The number of carbonyl (C=O) groups excluding carboxylic acids is 1. The molecule has 0 radical (unpaired) electrons. The minimum Gasteiger partial charge on any atom is -0.346 e. The molecule has 5 nitrogen and oxygen atoms in total. The molecule has 0 spiro atoms.